The Bertz CT molecular complexity index is 1010. The summed E-state index contributed by atoms with van der Waals surface area (Å²) in [5, 5.41) is 27.9. The highest BCUT2D eigenvalue weighted by atomic mass is 16.5. The van der Waals surface area contributed by atoms with Crippen LogP contribution < -0.4 is 20.1 Å². The van der Waals surface area contributed by atoms with Crippen molar-refractivity contribution in [3.05, 3.63) is 59.7 Å². The number of rotatable bonds is 16. The van der Waals surface area contributed by atoms with Crippen LogP contribution >= 0.6 is 0 Å². The Hall–Kier alpha value is -2.12. The third-order valence-electron chi connectivity index (χ3n) is 7.61. The average Bonchev–Trinajstić information content (AvgIpc) is 2.86. The second-order valence-corrected chi connectivity index (χ2v) is 16.6. The van der Waals surface area contributed by atoms with Crippen LogP contribution in [0.2, 0.25) is 0 Å². The highest BCUT2D eigenvalue weighted by Crippen LogP contribution is 2.33. The molecule has 0 spiro atoms. The fraction of sp³-hybridized carbons (Fsp3) is 0.676. The van der Waals surface area contributed by atoms with E-state index >= 15 is 0 Å². The van der Waals surface area contributed by atoms with Gasteiger partial charge in [-0.2, -0.15) is 0 Å². The summed E-state index contributed by atoms with van der Waals surface area (Å²) in [5.41, 5.74) is 2.43. The van der Waals surface area contributed by atoms with E-state index in [1.807, 2.05) is 24.3 Å². The molecule has 0 aliphatic heterocycles. The van der Waals surface area contributed by atoms with Crippen molar-refractivity contribution in [2.45, 2.75) is 125 Å². The summed E-state index contributed by atoms with van der Waals surface area (Å²) in [4.78, 5) is 0. The van der Waals surface area contributed by atoms with Gasteiger partial charge in [-0.3, -0.25) is 0 Å². The van der Waals surface area contributed by atoms with Crippen LogP contribution in [0.4, 0.5) is 0 Å². The lowest BCUT2D eigenvalue weighted by molar-refractivity contribution is 0.0944. The lowest BCUT2D eigenvalue weighted by Crippen LogP contribution is -2.46. The number of benzene rings is 2. The topological polar surface area (TPSA) is 83.0 Å². The first-order chi connectivity index (χ1) is 19.6. The molecule has 4 N–H and O–H groups in total. The Balaban J connectivity index is 1.86. The first kappa shape index (κ1) is 37.1. The summed E-state index contributed by atoms with van der Waals surface area (Å²) < 4.78 is 11.8. The molecule has 0 unspecified atom stereocenters. The van der Waals surface area contributed by atoms with Gasteiger partial charge in [0, 0.05) is 29.6 Å². The Morgan fingerprint density at radius 3 is 1.12 bits per heavy atom. The van der Waals surface area contributed by atoms with Gasteiger partial charge in [0.05, 0.1) is 0 Å². The fourth-order valence-corrected chi connectivity index (χ4v) is 6.17. The van der Waals surface area contributed by atoms with Crippen molar-refractivity contribution < 1.29 is 19.7 Å². The quantitative estimate of drug-likeness (QED) is 0.165. The van der Waals surface area contributed by atoms with Crippen molar-refractivity contribution in [2.24, 2.45) is 10.8 Å². The van der Waals surface area contributed by atoms with Gasteiger partial charge in [0.2, 0.25) is 0 Å². The third-order valence-corrected chi connectivity index (χ3v) is 7.61. The number of aliphatic hydroxyl groups excluding tert-OH is 2. The van der Waals surface area contributed by atoms with E-state index in [9.17, 15) is 10.2 Å². The van der Waals surface area contributed by atoms with Gasteiger partial charge in [0.1, 0.15) is 36.9 Å². The minimum Gasteiger partial charge on any atom is -0.491 e. The van der Waals surface area contributed by atoms with Crippen LogP contribution in [0.3, 0.4) is 0 Å². The molecule has 2 rings (SSSR count). The lowest BCUT2D eigenvalue weighted by Gasteiger charge is -2.34. The van der Waals surface area contributed by atoms with Gasteiger partial charge in [0.25, 0.3) is 0 Å². The molecule has 0 radical (unpaired) electrons. The largest absolute Gasteiger partial charge is 0.491 e. The first-order valence-corrected chi connectivity index (χ1v) is 15.9. The Morgan fingerprint density at radius 1 is 0.535 bits per heavy atom. The molecule has 0 bridgehead atoms. The molecular weight excluding hydrogens is 536 g/mol. The number of ether oxygens (including phenoxy) is 2. The SMILES string of the molecule is CC(C)(C)CC(C)(C)NC[C@H](O)COc1ccc(C(C)(C)c2ccc(OC[C@@H](O)CNC(C)(C)CC(C)(C)C)cc2)cc1. The predicted octanol–water partition coefficient (Wildman–Crippen LogP) is 7.10. The zero-order chi connectivity index (χ0) is 32.7. The molecule has 0 saturated carbocycles. The maximum Gasteiger partial charge on any atom is 0.119 e. The zero-order valence-corrected chi connectivity index (χ0v) is 29.2. The molecule has 43 heavy (non-hydrogen) atoms. The van der Waals surface area contributed by atoms with Crippen LogP contribution in [-0.2, 0) is 5.41 Å². The Morgan fingerprint density at radius 2 is 0.837 bits per heavy atom. The number of aliphatic hydroxyl groups is 2. The first-order valence-electron chi connectivity index (χ1n) is 15.9. The van der Waals surface area contributed by atoms with E-state index in [-0.39, 0.29) is 40.5 Å². The Kier molecular flexibility index (Phi) is 12.7. The molecule has 0 aliphatic carbocycles. The summed E-state index contributed by atoms with van der Waals surface area (Å²) in [6.07, 6.45) is 0.846. The van der Waals surface area contributed by atoms with E-state index in [4.69, 9.17) is 9.47 Å². The van der Waals surface area contributed by atoms with Gasteiger partial charge in [-0.1, -0.05) is 79.7 Å². The number of hydrogen-bond donors (Lipinski definition) is 4. The van der Waals surface area contributed by atoms with Crippen molar-refractivity contribution in [2.75, 3.05) is 26.3 Å². The molecule has 0 heterocycles. The van der Waals surface area contributed by atoms with Crippen LogP contribution in [0.1, 0.15) is 107 Å². The van der Waals surface area contributed by atoms with Crippen molar-refractivity contribution in [1.82, 2.24) is 10.6 Å². The van der Waals surface area contributed by atoms with E-state index in [0.717, 1.165) is 24.3 Å². The van der Waals surface area contributed by atoms with Gasteiger partial charge in [-0.15, -0.1) is 0 Å². The maximum atomic E-state index is 10.5. The number of β-amino-alcohol motifs (C(OH)–C–C–N with tert-alkyl or cyclic N) is 2. The van der Waals surface area contributed by atoms with Crippen LogP contribution in [0.5, 0.6) is 11.5 Å². The Labute approximate surface area is 263 Å². The van der Waals surface area contributed by atoms with E-state index in [0.29, 0.717) is 13.1 Å². The molecule has 2 atom stereocenters. The molecule has 0 fully saturated rings. The molecule has 6 heteroatoms. The zero-order valence-electron chi connectivity index (χ0n) is 29.2. The number of hydrogen-bond acceptors (Lipinski definition) is 6. The van der Waals surface area contributed by atoms with Gasteiger partial charge >= 0.3 is 0 Å². The monoisotopic (exact) mass is 598 g/mol. The minimum absolute atomic E-state index is 0.0568. The molecule has 0 aromatic heterocycles. The molecule has 0 amide bonds. The van der Waals surface area contributed by atoms with Gasteiger partial charge in [-0.25, -0.2) is 0 Å². The second kappa shape index (κ2) is 14.8. The smallest absolute Gasteiger partial charge is 0.119 e. The van der Waals surface area contributed by atoms with Gasteiger partial charge in [0.15, 0.2) is 0 Å². The van der Waals surface area contributed by atoms with E-state index in [2.05, 4.69) is 118 Å². The molecule has 0 saturated heterocycles. The van der Waals surface area contributed by atoms with Crippen LogP contribution in [-0.4, -0.2) is 59.8 Å². The summed E-state index contributed by atoms with van der Waals surface area (Å²) in [5.74, 6) is 1.48. The minimum atomic E-state index is -0.589. The summed E-state index contributed by atoms with van der Waals surface area (Å²) in [7, 11) is 0. The molecular formula is C37H62N2O4. The normalized spacial score (nSPS) is 14.8. The van der Waals surface area contributed by atoms with Crippen molar-refractivity contribution in [1.29, 1.82) is 0 Å². The maximum absolute atomic E-state index is 10.5. The standard InChI is InChI=1S/C37H62N2O4/c1-33(2,3)25-35(7,8)38-21-29(40)23-42-31-17-13-27(14-18-31)37(11,12)28-15-19-32(20-16-28)43-24-30(41)22-39-36(9,10)26-34(4,5)6/h13-20,29-30,38-41H,21-26H2,1-12H3/t29-,30-/m0/s1. The van der Waals surface area contributed by atoms with Crippen molar-refractivity contribution in [3.63, 3.8) is 0 Å². The van der Waals surface area contributed by atoms with E-state index in [1.54, 1.807) is 0 Å². The van der Waals surface area contributed by atoms with Gasteiger partial charge < -0.3 is 30.3 Å². The molecule has 2 aromatic rings. The predicted molar refractivity (Wildman–Crippen MR) is 180 cm³/mol. The lowest BCUT2D eigenvalue weighted by atomic mass is 9.78. The fourth-order valence-electron chi connectivity index (χ4n) is 6.17. The molecule has 0 aliphatic rings. The third kappa shape index (κ3) is 14.0. The van der Waals surface area contributed by atoms with Crippen molar-refractivity contribution >= 4 is 0 Å². The summed E-state index contributed by atoms with van der Waals surface area (Å²) in [6, 6.07) is 16.2. The number of nitrogens with one attached hydrogen (secondary N) is 2. The van der Waals surface area contributed by atoms with E-state index in [1.165, 1.54) is 11.1 Å². The van der Waals surface area contributed by atoms with Crippen molar-refractivity contribution in [3.8, 4) is 11.5 Å². The van der Waals surface area contributed by atoms with Gasteiger partial charge in [-0.05, 0) is 86.8 Å². The highest BCUT2D eigenvalue weighted by Gasteiger charge is 2.27. The highest BCUT2D eigenvalue weighted by molar-refractivity contribution is 5.41. The molecule has 2 aromatic carbocycles. The summed E-state index contributed by atoms with van der Waals surface area (Å²) in [6.45, 7) is 27.9. The molecule has 6 nitrogen and oxygen atoms in total. The average molecular weight is 599 g/mol. The molecule has 244 valence electrons. The van der Waals surface area contributed by atoms with Crippen LogP contribution in [0.25, 0.3) is 0 Å². The van der Waals surface area contributed by atoms with Crippen LogP contribution in [0.15, 0.2) is 48.5 Å². The summed E-state index contributed by atoms with van der Waals surface area (Å²) >= 11 is 0. The van der Waals surface area contributed by atoms with Crippen LogP contribution in [0, 0.1) is 10.8 Å². The second-order valence-electron chi connectivity index (χ2n) is 16.6. The van der Waals surface area contributed by atoms with E-state index < -0.39 is 12.2 Å².